The van der Waals surface area contributed by atoms with Gasteiger partial charge in [0.05, 0.1) is 0 Å². The minimum atomic E-state index is -1.36. The van der Waals surface area contributed by atoms with Crippen LogP contribution in [0.3, 0.4) is 0 Å². The summed E-state index contributed by atoms with van der Waals surface area (Å²) >= 11 is 0. The largest absolute Gasteiger partial charge is 0.431 e. The Morgan fingerprint density at radius 2 is 1.64 bits per heavy atom. The smallest absolute Gasteiger partial charge is 0.333 e. The normalized spacial score (nSPS) is 9.50. The Bertz CT molecular complexity index is 259. The van der Waals surface area contributed by atoms with Crippen molar-refractivity contribution < 1.29 is 24.1 Å². The summed E-state index contributed by atoms with van der Waals surface area (Å²) in [4.78, 5) is 42.4. The maximum absolute atomic E-state index is 10.9. The van der Waals surface area contributed by atoms with Gasteiger partial charge < -0.3 is 11.5 Å². The van der Waals surface area contributed by atoms with Crippen LogP contribution < -0.4 is 11.5 Å². The highest BCUT2D eigenvalue weighted by atomic mass is 17.0. The van der Waals surface area contributed by atoms with E-state index in [4.69, 9.17) is 0 Å². The first-order valence-corrected chi connectivity index (χ1v) is 3.25. The van der Waals surface area contributed by atoms with Crippen LogP contribution in [-0.2, 0) is 9.68 Å². The Kier molecular flexibility index (Phi) is 4.46. The highest BCUT2D eigenvalue weighted by Gasteiger charge is 2.20. The van der Waals surface area contributed by atoms with Gasteiger partial charge in [0.15, 0.2) is 0 Å². The maximum Gasteiger partial charge on any atom is 0.431 e. The number of rotatable bonds is 0. The van der Waals surface area contributed by atoms with E-state index in [-0.39, 0.29) is 5.23 Å². The molecule has 0 heterocycles. The minimum Gasteiger partial charge on any atom is -0.333 e. The summed E-state index contributed by atoms with van der Waals surface area (Å²) in [5.41, 5.74) is 9.13. The van der Waals surface area contributed by atoms with E-state index in [1.54, 1.807) is 0 Å². The molecule has 0 aromatic heterocycles. The molecule has 0 rings (SSSR count). The van der Waals surface area contributed by atoms with Crippen molar-refractivity contribution in [3.8, 4) is 0 Å². The van der Waals surface area contributed by atoms with Crippen LogP contribution in [0.1, 0.15) is 6.92 Å². The van der Waals surface area contributed by atoms with Crippen molar-refractivity contribution in [2.24, 2.45) is 16.5 Å². The number of nitrogens with zero attached hydrogens (tertiary/aromatic N) is 2. The molecular weight excluding hydrogens is 196 g/mol. The molecule has 9 nitrogen and oxygen atoms in total. The van der Waals surface area contributed by atoms with Crippen LogP contribution in [0.25, 0.3) is 0 Å². The van der Waals surface area contributed by atoms with Crippen molar-refractivity contribution in [3.63, 3.8) is 0 Å². The van der Waals surface area contributed by atoms with Gasteiger partial charge in [-0.25, -0.2) is 19.4 Å². The SMILES string of the molecule is C/C=N/C(=O)N(OC(N)=O)OC(N)=O. The Morgan fingerprint density at radius 1 is 1.21 bits per heavy atom. The summed E-state index contributed by atoms with van der Waals surface area (Å²) in [6.07, 6.45) is -1.62. The number of nitrogens with two attached hydrogens (primary N) is 2. The average molecular weight is 204 g/mol. The maximum atomic E-state index is 10.9. The highest BCUT2D eigenvalue weighted by Crippen LogP contribution is 1.96. The van der Waals surface area contributed by atoms with Crippen LogP contribution in [0.15, 0.2) is 4.99 Å². The Balaban J connectivity index is 4.45. The Morgan fingerprint density at radius 3 is 1.93 bits per heavy atom. The fourth-order valence-corrected chi connectivity index (χ4v) is 0.418. The Labute approximate surface area is 78.2 Å². The summed E-state index contributed by atoms with van der Waals surface area (Å²) in [6, 6.07) is -1.16. The first kappa shape index (κ1) is 11.7. The summed E-state index contributed by atoms with van der Waals surface area (Å²) in [7, 11) is 0. The van der Waals surface area contributed by atoms with Gasteiger partial charge in [0, 0.05) is 11.4 Å². The predicted molar refractivity (Wildman–Crippen MR) is 42.7 cm³/mol. The lowest BCUT2D eigenvalue weighted by Crippen LogP contribution is -2.37. The second-order valence-corrected chi connectivity index (χ2v) is 1.75. The average Bonchev–Trinajstić information content (AvgIpc) is 2.01. The van der Waals surface area contributed by atoms with Crippen molar-refractivity contribution in [2.75, 3.05) is 0 Å². The van der Waals surface area contributed by atoms with Gasteiger partial charge in [-0.05, 0) is 6.92 Å². The second-order valence-electron chi connectivity index (χ2n) is 1.75. The quantitative estimate of drug-likeness (QED) is 0.405. The molecule has 0 aliphatic heterocycles. The third kappa shape index (κ3) is 4.54. The number of hydrogen-bond donors (Lipinski definition) is 2. The van der Waals surface area contributed by atoms with Crippen molar-refractivity contribution in [2.45, 2.75) is 6.92 Å². The number of hydrogen-bond acceptors (Lipinski definition) is 5. The van der Waals surface area contributed by atoms with Gasteiger partial charge >= 0.3 is 18.2 Å². The molecule has 0 spiro atoms. The molecule has 0 aliphatic carbocycles. The minimum absolute atomic E-state index is 0.134. The molecule has 0 aliphatic rings. The van der Waals surface area contributed by atoms with Gasteiger partial charge in [0.25, 0.3) is 0 Å². The lowest BCUT2D eigenvalue weighted by atomic mass is 10.9. The number of urea groups is 1. The van der Waals surface area contributed by atoms with E-state index >= 15 is 0 Å². The van der Waals surface area contributed by atoms with Crippen molar-refractivity contribution in [1.82, 2.24) is 5.23 Å². The first-order chi connectivity index (χ1) is 6.47. The summed E-state index contributed by atoms with van der Waals surface area (Å²) in [5.74, 6) is 0. The molecule has 9 heteroatoms. The molecule has 4 amide bonds. The molecule has 0 aromatic rings. The van der Waals surface area contributed by atoms with E-state index in [0.717, 1.165) is 6.21 Å². The Hall–Kier alpha value is -2.32. The fourth-order valence-electron chi connectivity index (χ4n) is 0.418. The van der Waals surface area contributed by atoms with Crippen molar-refractivity contribution in [3.05, 3.63) is 0 Å². The monoisotopic (exact) mass is 204 g/mol. The number of amides is 4. The third-order valence-electron chi connectivity index (χ3n) is 0.741. The summed E-state index contributed by atoms with van der Waals surface area (Å²) in [6.45, 7) is 1.42. The van der Waals surface area contributed by atoms with E-state index in [1.807, 2.05) is 0 Å². The highest BCUT2D eigenvalue weighted by molar-refractivity contribution is 5.83. The van der Waals surface area contributed by atoms with E-state index < -0.39 is 18.2 Å². The van der Waals surface area contributed by atoms with Gasteiger partial charge in [-0.2, -0.15) is 0 Å². The molecule has 0 unspecified atom stereocenters. The number of carbonyl (C=O) groups excluding carboxylic acids is 3. The van der Waals surface area contributed by atoms with Gasteiger partial charge in [0.1, 0.15) is 0 Å². The third-order valence-corrected chi connectivity index (χ3v) is 0.741. The zero-order valence-electron chi connectivity index (χ0n) is 7.17. The van der Waals surface area contributed by atoms with Crippen LogP contribution in [-0.4, -0.2) is 29.7 Å². The van der Waals surface area contributed by atoms with Crippen molar-refractivity contribution in [1.29, 1.82) is 0 Å². The predicted octanol–water partition coefficient (Wildman–Crippen LogP) is -0.480. The molecule has 0 fully saturated rings. The number of carbonyl (C=O) groups is 3. The molecule has 0 saturated carbocycles. The molecule has 4 N–H and O–H groups in total. The number of primary amides is 2. The van der Waals surface area contributed by atoms with Gasteiger partial charge in [-0.3, -0.25) is 9.68 Å². The van der Waals surface area contributed by atoms with Crippen LogP contribution >= 0.6 is 0 Å². The second kappa shape index (κ2) is 5.35. The molecular formula is C5H8N4O5. The van der Waals surface area contributed by atoms with Crippen LogP contribution in [0.4, 0.5) is 14.4 Å². The summed E-state index contributed by atoms with van der Waals surface area (Å²) < 4.78 is 0. The molecule has 14 heavy (non-hydrogen) atoms. The zero-order valence-corrected chi connectivity index (χ0v) is 7.17. The van der Waals surface area contributed by atoms with Gasteiger partial charge in [0.2, 0.25) is 0 Å². The van der Waals surface area contributed by atoms with Crippen LogP contribution in [0.2, 0.25) is 0 Å². The van der Waals surface area contributed by atoms with E-state index in [0.29, 0.717) is 0 Å². The van der Waals surface area contributed by atoms with Crippen molar-refractivity contribution >= 4 is 24.4 Å². The lowest BCUT2D eigenvalue weighted by Gasteiger charge is -2.13. The molecule has 0 bridgehead atoms. The standard InChI is InChI=1S/C5H8N4O5/c1-2-8-5(12)9(13-3(6)10)14-4(7)11/h2H,1H3,(H2,6,10)(H2,7,11)/b8-2+. The van der Waals surface area contributed by atoms with E-state index in [1.165, 1.54) is 6.92 Å². The molecule has 0 atom stereocenters. The molecule has 0 radical (unpaired) electrons. The van der Waals surface area contributed by atoms with Gasteiger partial charge in [-0.15, -0.1) is 0 Å². The molecule has 0 saturated heterocycles. The molecule has 0 aromatic carbocycles. The number of hydroxylamine groups is 2. The van der Waals surface area contributed by atoms with Crippen LogP contribution in [0, 0.1) is 0 Å². The lowest BCUT2D eigenvalue weighted by molar-refractivity contribution is -0.246. The summed E-state index contributed by atoms with van der Waals surface area (Å²) in [5, 5.41) is -0.134. The first-order valence-electron chi connectivity index (χ1n) is 3.25. The van der Waals surface area contributed by atoms with E-state index in [9.17, 15) is 14.4 Å². The topological polar surface area (TPSA) is 137 Å². The van der Waals surface area contributed by atoms with E-state index in [2.05, 4.69) is 26.1 Å². The number of aliphatic imine (C=N–C) groups is 1. The zero-order chi connectivity index (χ0) is 11.1. The molecule has 78 valence electrons. The van der Waals surface area contributed by atoms with Crippen LogP contribution in [0.5, 0.6) is 0 Å². The fraction of sp³-hybridized carbons (Fsp3) is 0.200. The van der Waals surface area contributed by atoms with Gasteiger partial charge in [-0.1, -0.05) is 0 Å².